The number of carbonyl (C=O) groups excluding carboxylic acids is 2. The van der Waals surface area contributed by atoms with E-state index in [4.69, 9.17) is 4.74 Å². The summed E-state index contributed by atoms with van der Waals surface area (Å²) in [5.41, 5.74) is 0. The highest BCUT2D eigenvalue weighted by Gasteiger charge is 2.24. The van der Waals surface area contributed by atoms with Crippen LogP contribution in [-0.2, 0) is 14.3 Å². The molecular formula is C54H105NO5. The van der Waals surface area contributed by atoms with Crippen LogP contribution >= 0.6 is 0 Å². The number of amides is 1. The van der Waals surface area contributed by atoms with Crippen LogP contribution in [0.25, 0.3) is 0 Å². The van der Waals surface area contributed by atoms with Gasteiger partial charge in [0.05, 0.1) is 25.2 Å². The van der Waals surface area contributed by atoms with E-state index in [1.807, 2.05) is 0 Å². The van der Waals surface area contributed by atoms with Gasteiger partial charge in [-0.3, -0.25) is 9.59 Å². The Balaban J connectivity index is 4.54. The molecule has 0 saturated heterocycles. The number of hydrogen-bond acceptors (Lipinski definition) is 5. The van der Waals surface area contributed by atoms with Gasteiger partial charge in [-0.15, -0.1) is 0 Å². The van der Waals surface area contributed by atoms with Crippen molar-refractivity contribution < 1.29 is 24.5 Å². The Morgan fingerprint density at radius 3 is 1.20 bits per heavy atom. The number of ether oxygens (including phenoxy) is 1. The van der Waals surface area contributed by atoms with Crippen LogP contribution in [-0.4, -0.2) is 46.9 Å². The van der Waals surface area contributed by atoms with Crippen molar-refractivity contribution in [2.45, 2.75) is 315 Å². The first kappa shape index (κ1) is 58.6. The zero-order valence-corrected chi connectivity index (χ0v) is 40.6. The average molecular weight is 848 g/mol. The van der Waals surface area contributed by atoms with Crippen molar-refractivity contribution >= 4 is 11.9 Å². The Hall–Kier alpha value is -1.40. The molecule has 0 aliphatic carbocycles. The maximum absolute atomic E-state index is 13.2. The molecule has 60 heavy (non-hydrogen) atoms. The monoisotopic (exact) mass is 848 g/mol. The summed E-state index contributed by atoms with van der Waals surface area (Å²) in [4.78, 5) is 26.1. The minimum atomic E-state index is -0.785. The average Bonchev–Trinajstić information content (AvgIpc) is 3.24. The number of carbonyl (C=O) groups is 2. The lowest BCUT2D eigenvalue weighted by Crippen LogP contribution is -2.46. The molecule has 0 saturated carbocycles. The van der Waals surface area contributed by atoms with Gasteiger partial charge in [0.1, 0.15) is 6.10 Å². The lowest BCUT2D eigenvalue weighted by atomic mass is 10.0. The number of aliphatic hydroxyl groups excluding tert-OH is 2. The first-order valence-corrected chi connectivity index (χ1v) is 26.9. The highest BCUT2D eigenvalue weighted by Crippen LogP contribution is 2.18. The van der Waals surface area contributed by atoms with Crippen LogP contribution in [0.1, 0.15) is 297 Å². The van der Waals surface area contributed by atoms with Crippen molar-refractivity contribution in [2.75, 3.05) is 6.61 Å². The summed E-state index contributed by atoms with van der Waals surface area (Å²) in [5.74, 6) is -0.472. The van der Waals surface area contributed by atoms with Crippen molar-refractivity contribution in [1.82, 2.24) is 5.32 Å². The molecule has 0 rings (SSSR count). The van der Waals surface area contributed by atoms with E-state index in [1.165, 1.54) is 193 Å². The topological polar surface area (TPSA) is 95.9 Å². The first-order chi connectivity index (χ1) is 29.5. The lowest BCUT2D eigenvalue weighted by Gasteiger charge is -2.24. The zero-order chi connectivity index (χ0) is 43.8. The van der Waals surface area contributed by atoms with Gasteiger partial charge in [0.25, 0.3) is 0 Å². The van der Waals surface area contributed by atoms with Crippen LogP contribution in [0.5, 0.6) is 0 Å². The molecule has 0 bridgehead atoms. The largest absolute Gasteiger partial charge is 0.462 e. The van der Waals surface area contributed by atoms with E-state index in [0.717, 1.165) is 57.8 Å². The molecule has 3 N–H and O–H groups in total. The molecule has 0 aromatic heterocycles. The number of rotatable bonds is 49. The second-order valence-corrected chi connectivity index (χ2v) is 18.6. The van der Waals surface area contributed by atoms with Crippen LogP contribution in [0.4, 0.5) is 0 Å². The van der Waals surface area contributed by atoms with E-state index in [-0.39, 0.29) is 24.9 Å². The summed E-state index contributed by atoms with van der Waals surface area (Å²) in [6.45, 7) is 6.50. The highest BCUT2D eigenvalue weighted by atomic mass is 16.5. The van der Waals surface area contributed by atoms with E-state index in [9.17, 15) is 19.8 Å². The van der Waals surface area contributed by atoms with Crippen molar-refractivity contribution in [1.29, 1.82) is 0 Å². The van der Waals surface area contributed by atoms with Gasteiger partial charge in [-0.05, 0) is 51.4 Å². The molecule has 6 nitrogen and oxygen atoms in total. The molecule has 0 heterocycles. The molecule has 0 aromatic carbocycles. The Labute approximate surface area is 374 Å². The maximum Gasteiger partial charge on any atom is 0.306 e. The summed E-state index contributed by atoms with van der Waals surface area (Å²) < 4.78 is 5.93. The Bertz CT molecular complexity index is 909. The van der Waals surface area contributed by atoms with E-state index in [1.54, 1.807) is 0 Å². The Morgan fingerprint density at radius 2 is 0.800 bits per heavy atom. The molecule has 0 fully saturated rings. The molecule has 0 aliphatic rings. The van der Waals surface area contributed by atoms with Crippen molar-refractivity contribution in [3.05, 3.63) is 12.2 Å². The van der Waals surface area contributed by atoms with Crippen LogP contribution in [0, 0.1) is 0 Å². The van der Waals surface area contributed by atoms with Gasteiger partial charge >= 0.3 is 5.97 Å². The lowest BCUT2D eigenvalue weighted by molar-refractivity contribution is -0.151. The van der Waals surface area contributed by atoms with E-state index < -0.39 is 18.2 Å². The predicted molar refractivity (Wildman–Crippen MR) is 260 cm³/mol. The number of allylic oxidation sites excluding steroid dienone is 2. The van der Waals surface area contributed by atoms with Gasteiger partial charge in [-0.2, -0.15) is 0 Å². The molecule has 1 amide bonds. The van der Waals surface area contributed by atoms with Crippen molar-refractivity contribution in [2.24, 2.45) is 0 Å². The fourth-order valence-electron chi connectivity index (χ4n) is 8.49. The van der Waals surface area contributed by atoms with Gasteiger partial charge in [-0.1, -0.05) is 245 Å². The third-order valence-corrected chi connectivity index (χ3v) is 12.6. The van der Waals surface area contributed by atoms with Gasteiger partial charge in [-0.25, -0.2) is 0 Å². The zero-order valence-electron chi connectivity index (χ0n) is 40.6. The van der Waals surface area contributed by atoms with Gasteiger partial charge < -0.3 is 20.3 Å². The number of esters is 1. The second kappa shape index (κ2) is 48.6. The molecule has 3 atom stereocenters. The number of unbranched alkanes of at least 4 members (excludes halogenated alkanes) is 35. The van der Waals surface area contributed by atoms with Gasteiger partial charge in [0.15, 0.2) is 0 Å². The SMILES string of the molecule is CCCCCCCCCCC/C=C/CCCCCC(CC(=O)NC(CO)C(O)CCCCCCCCCCCCCCCC)OC(=O)CCCCCCCCCCCCC. The van der Waals surface area contributed by atoms with E-state index >= 15 is 0 Å². The molecule has 0 radical (unpaired) electrons. The van der Waals surface area contributed by atoms with E-state index in [2.05, 4.69) is 38.2 Å². The Kier molecular flexibility index (Phi) is 47.5. The Morgan fingerprint density at radius 1 is 0.467 bits per heavy atom. The van der Waals surface area contributed by atoms with Crippen LogP contribution < -0.4 is 5.32 Å². The summed E-state index contributed by atoms with van der Waals surface area (Å²) in [5, 5.41) is 23.8. The summed E-state index contributed by atoms with van der Waals surface area (Å²) >= 11 is 0. The number of aliphatic hydroxyl groups is 2. The van der Waals surface area contributed by atoms with Gasteiger partial charge in [0, 0.05) is 6.42 Å². The van der Waals surface area contributed by atoms with E-state index in [0.29, 0.717) is 19.3 Å². The van der Waals surface area contributed by atoms with Crippen LogP contribution in [0.15, 0.2) is 12.2 Å². The first-order valence-electron chi connectivity index (χ1n) is 26.9. The number of hydrogen-bond donors (Lipinski definition) is 3. The summed E-state index contributed by atoms with van der Waals surface area (Å²) in [6.07, 6.45) is 54.1. The second-order valence-electron chi connectivity index (χ2n) is 18.6. The molecule has 0 spiro atoms. The van der Waals surface area contributed by atoms with Gasteiger partial charge in [0.2, 0.25) is 5.91 Å². The third-order valence-electron chi connectivity index (χ3n) is 12.6. The molecule has 6 heteroatoms. The molecular weight excluding hydrogens is 743 g/mol. The maximum atomic E-state index is 13.2. The minimum absolute atomic E-state index is 0.0741. The van der Waals surface area contributed by atoms with Crippen molar-refractivity contribution in [3.63, 3.8) is 0 Å². The highest BCUT2D eigenvalue weighted by molar-refractivity contribution is 5.77. The predicted octanol–water partition coefficient (Wildman–Crippen LogP) is 16.1. The fourth-order valence-corrected chi connectivity index (χ4v) is 8.49. The summed E-state index contributed by atoms with van der Waals surface area (Å²) in [6, 6.07) is -0.700. The smallest absolute Gasteiger partial charge is 0.306 e. The van der Waals surface area contributed by atoms with Crippen molar-refractivity contribution in [3.8, 4) is 0 Å². The van der Waals surface area contributed by atoms with Crippen LogP contribution in [0.3, 0.4) is 0 Å². The molecule has 0 aliphatic heterocycles. The third kappa shape index (κ3) is 43.3. The normalized spacial score (nSPS) is 13.2. The molecule has 0 aromatic rings. The number of nitrogens with one attached hydrogen (secondary N) is 1. The minimum Gasteiger partial charge on any atom is -0.462 e. The van der Waals surface area contributed by atoms with Crippen LogP contribution in [0.2, 0.25) is 0 Å². The molecule has 356 valence electrons. The fraction of sp³-hybridized carbons (Fsp3) is 0.926. The molecule has 3 unspecified atom stereocenters. The standard InChI is InChI=1S/C54H105NO5/c1-4-7-10-13-16-19-22-24-26-27-28-31-33-36-39-42-45-50(60-54(59)47-44-41-38-35-30-21-18-15-12-9-6-3)48-53(58)55-51(49-56)52(57)46-43-40-37-34-32-29-25-23-20-17-14-11-8-5-2/h28,31,50-52,56-57H,4-27,29-30,32-49H2,1-3H3,(H,55,58)/b31-28+. The quantitative estimate of drug-likeness (QED) is 0.0322. The summed E-state index contributed by atoms with van der Waals surface area (Å²) in [7, 11) is 0.